The van der Waals surface area contributed by atoms with Gasteiger partial charge in [0.2, 0.25) is 0 Å². The maximum Gasteiger partial charge on any atom is 0.269 e. The number of non-ortho nitro benzene ring substituents is 1. The number of benzene rings is 2. The minimum Gasteiger partial charge on any atom is -0.294 e. The molecule has 0 spiro atoms. The van der Waals surface area contributed by atoms with Crippen LogP contribution in [-0.2, 0) is 13.1 Å². The smallest absolute Gasteiger partial charge is 0.269 e. The molecule has 0 saturated carbocycles. The van der Waals surface area contributed by atoms with Gasteiger partial charge in [-0.2, -0.15) is 0 Å². The number of fused-ring (bicyclic) bond motifs is 1. The first-order chi connectivity index (χ1) is 10.1. The highest BCUT2D eigenvalue weighted by Gasteiger charge is 2.20. The van der Waals surface area contributed by atoms with Crippen LogP contribution in [0.4, 0.5) is 5.69 Å². The van der Waals surface area contributed by atoms with E-state index in [1.165, 1.54) is 11.1 Å². The average molecular weight is 282 g/mol. The molecule has 0 radical (unpaired) electrons. The molecular weight excluding hydrogens is 264 g/mol. The van der Waals surface area contributed by atoms with Gasteiger partial charge in [-0.15, -0.1) is 0 Å². The molecule has 0 fully saturated rings. The third-order valence-electron chi connectivity index (χ3n) is 4.11. The molecule has 4 nitrogen and oxygen atoms in total. The maximum atomic E-state index is 10.7. The highest BCUT2D eigenvalue weighted by molar-refractivity contribution is 5.35. The third-order valence-corrected chi connectivity index (χ3v) is 4.11. The van der Waals surface area contributed by atoms with Crippen LogP contribution < -0.4 is 0 Å². The molecule has 0 saturated heterocycles. The van der Waals surface area contributed by atoms with Crippen molar-refractivity contribution >= 4 is 5.69 Å². The van der Waals surface area contributed by atoms with E-state index in [1.807, 2.05) is 12.1 Å². The Balaban J connectivity index is 1.65. The van der Waals surface area contributed by atoms with Gasteiger partial charge in [0, 0.05) is 31.8 Å². The maximum absolute atomic E-state index is 10.7. The Labute approximate surface area is 124 Å². The second-order valence-corrected chi connectivity index (χ2v) is 5.69. The number of nitro groups is 1. The number of nitrogens with zero attached hydrogens (tertiary/aromatic N) is 2. The van der Waals surface area contributed by atoms with Crippen molar-refractivity contribution in [1.29, 1.82) is 0 Å². The van der Waals surface area contributed by atoms with Crippen molar-refractivity contribution in [3.8, 4) is 0 Å². The monoisotopic (exact) mass is 282 g/mol. The van der Waals surface area contributed by atoms with E-state index in [4.69, 9.17) is 0 Å². The van der Waals surface area contributed by atoms with Gasteiger partial charge in [0.1, 0.15) is 0 Å². The van der Waals surface area contributed by atoms with Gasteiger partial charge in [-0.05, 0) is 22.6 Å². The summed E-state index contributed by atoms with van der Waals surface area (Å²) in [7, 11) is 0. The minimum atomic E-state index is -0.356. The normalized spacial score (nSPS) is 15.7. The van der Waals surface area contributed by atoms with Crippen LogP contribution in [0.15, 0.2) is 48.5 Å². The molecule has 0 aromatic heterocycles. The zero-order chi connectivity index (χ0) is 14.8. The van der Waals surface area contributed by atoms with Crippen molar-refractivity contribution in [2.75, 3.05) is 6.54 Å². The fourth-order valence-corrected chi connectivity index (χ4v) is 2.95. The van der Waals surface area contributed by atoms with Gasteiger partial charge in [-0.3, -0.25) is 15.0 Å². The van der Waals surface area contributed by atoms with Gasteiger partial charge >= 0.3 is 0 Å². The molecule has 0 N–H and O–H groups in total. The van der Waals surface area contributed by atoms with Crippen LogP contribution in [0.3, 0.4) is 0 Å². The number of nitro benzene ring substituents is 1. The second kappa shape index (κ2) is 5.66. The van der Waals surface area contributed by atoms with E-state index in [0.717, 1.165) is 25.2 Å². The van der Waals surface area contributed by atoms with E-state index in [2.05, 4.69) is 36.1 Å². The van der Waals surface area contributed by atoms with E-state index in [0.29, 0.717) is 5.92 Å². The summed E-state index contributed by atoms with van der Waals surface area (Å²) in [4.78, 5) is 12.8. The summed E-state index contributed by atoms with van der Waals surface area (Å²) in [5.74, 6) is 0.361. The lowest BCUT2D eigenvalue weighted by Crippen LogP contribution is -2.22. The quantitative estimate of drug-likeness (QED) is 0.634. The molecule has 1 aliphatic rings. The standard InChI is InChI=1S/C17H18N2O2/c1-13(14-6-8-17(9-7-14)19(20)21)10-18-11-15-4-2-3-5-16(15)12-18/h2-9,13H,10-12H2,1H3/t13-/m0/s1. The lowest BCUT2D eigenvalue weighted by Gasteiger charge is -2.20. The fourth-order valence-electron chi connectivity index (χ4n) is 2.95. The molecule has 4 heteroatoms. The molecule has 108 valence electrons. The van der Waals surface area contributed by atoms with Crippen molar-refractivity contribution in [2.24, 2.45) is 0 Å². The Bertz CT molecular complexity index is 627. The molecular formula is C17H18N2O2. The largest absolute Gasteiger partial charge is 0.294 e. The first-order valence-corrected chi connectivity index (χ1v) is 7.17. The summed E-state index contributed by atoms with van der Waals surface area (Å²) in [6, 6.07) is 15.5. The van der Waals surface area contributed by atoms with Crippen LogP contribution in [-0.4, -0.2) is 16.4 Å². The van der Waals surface area contributed by atoms with E-state index in [-0.39, 0.29) is 10.6 Å². The number of rotatable bonds is 4. The van der Waals surface area contributed by atoms with Gasteiger partial charge < -0.3 is 0 Å². The van der Waals surface area contributed by atoms with Crippen LogP contribution in [0, 0.1) is 10.1 Å². The highest BCUT2D eigenvalue weighted by Crippen LogP contribution is 2.26. The Kier molecular flexibility index (Phi) is 3.71. The van der Waals surface area contributed by atoms with Crippen molar-refractivity contribution in [1.82, 2.24) is 4.90 Å². The predicted octanol–water partition coefficient (Wildman–Crippen LogP) is 3.71. The molecule has 1 atom stereocenters. The summed E-state index contributed by atoms with van der Waals surface area (Å²) < 4.78 is 0. The first kappa shape index (κ1) is 13.8. The zero-order valence-electron chi connectivity index (χ0n) is 12.0. The highest BCUT2D eigenvalue weighted by atomic mass is 16.6. The molecule has 0 unspecified atom stereocenters. The topological polar surface area (TPSA) is 46.4 Å². The number of hydrogen-bond acceptors (Lipinski definition) is 3. The van der Waals surface area contributed by atoms with Crippen LogP contribution in [0.1, 0.15) is 29.5 Å². The zero-order valence-corrected chi connectivity index (χ0v) is 12.0. The molecule has 2 aromatic carbocycles. The van der Waals surface area contributed by atoms with E-state index in [9.17, 15) is 10.1 Å². The van der Waals surface area contributed by atoms with E-state index < -0.39 is 0 Å². The van der Waals surface area contributed by atoms with Crippen LogP contribution in [0.5, 0.6) is 0 Å². The first-order valence-electron chi connectivity index (χ1n) is 7.17. The molecule has 0 aliphatic carbocycles. The average Bonchev–Trinajstić information content (AvgIpc) is 2.89. The lowest BCUT2D eigenvalue weighted by atomic mass is 10.0. The Morgan fingerprint density at radius 2 is 1.67 bits per heavy atom. The Hall–Kier alpha value is -2.20. The second-order valence-electron chi connectivity index (χ2n) is 5.69. The minimum absolute atomic E-state index is 0.152. The molecule has 2 aromatic rings. The summed E-state index contributed by atoms with van der Waals surface area (Å²) in [6.07, 6.45) is 0. The lowest BCUT2D eigenvalue weighted by molar-refractivity contribution is -0.384. The van der Waals surface area contributed by atoms with Crippen LogP contribution in [0.25, 0.3) is 0 Å². The van der Waals surface area contributed by atoms with Crippen LogP contribution in [0.2, 0.25) is 0 Å². The predicted molar refractivity (Wildman–Crippen MR) is 82.1 cm³/mol. The Morgan fingerprint density at radius 1 is 1.10 bits per heavy atom. The number of hydrogen-bond donors (Lipinski definition) is 0. The van der Waals surface area contributed by atoms with Crippen molar-refractivity contribution < 1.29 is 4.92 Å². The molecule has 1 aliphatic heterocycles. The van der Waals surface area contributed by atoms with Gasteiger partial charge in [0.05, 0.1) is 4.92 Å². The van der Waals surface area contributed by atoms with Gasteiger partial charge in [-0.1, -0.05) is 43.3 Å². The van der Waals surface area contributed by atoms with Gasteiger partial charge in [-0.25, -0.2) is 0 Å². The van der Waals surface area contributed by atoms with E-state index >= 15 is 0 Å². The van der Waals surface area contributed by atoms with E-state index in [1.54, 1.807) is 12.1 Å². The van der Waals surface area contributed by atoms with Crippen molar-refractivity contribution in [3.63, 3.8) is 0 Å². The van der Waals surface area contributed by atoms with Gasteiger partial charge in [0.15, 0.2) is 0 Å². The van der Waals surface area contributed by atoms with Crippen LogP contribution >= 0.6 is 0 Å². The summed E-state index contributed by atoms with van der Waals surface area (Å²) >= 11 is 0. The molecule has 0 amide bonds. The molecule has 3 rings (SSSR count). The van der Waals surface area contributed by atoms with Gasteiger partial charge in [0.25, 0.3) is 5.69 Å². The van der Waals surface area contributed by atoms with Crippen molar-refractivity contribution in [2.45, 2.75) is 25.9 Å². The molecule has 1 heterocycles. The van der Waals surface area contributed by atoms with Crippen molar-refractivity contribution in [3.05, 3.63) is 75.3 Å². The fraction of sp³-hybridized carbons (Fsp3) is 0.294. The SMILES string of the molecule is C[C@@H](CN1Cc2ccccc2C1)c1ccc([N+](=O)[O-])cc1. The molecule has 21 heavy (non-hydrogen) atoms. The Morgan fingerprint density at radius 3 is 2.19 bits per heavy atom. The summed E-state index contributed by atoms with van der Waals surface area (Å²) in [6.45, 7) is 5.12. The molecule has 0 bridgehead atoms. The summed E-state index contributed by atoms with van der Waals surface area (Å²) in [5.41, 5.74) is 4.12. The third kappa shape index (κ3) is 2.95. The summed E-state index contributed by atoms with van der Waals surface area (Å²) in [5, 5.41) is 10.7.